The number of aliphatic hydroxyl groups is 2. The summed E-state index contributed by atoms with van der Waals surface area (Å²) in [5.41, 5.74) is 0. The molecule has 1 aromatic heterocycles. The van der Waals surface area contributed by atoms with Crippen molar-refractivity contribution in [1.82, 2.24) is 15.1 Å². The average Bonchev–Trinajstić information content (AvgIpc) is 2.76. The fourth-order valence-corrected chi connectivity index (χ4v) is 1.60. The molecule has 1 rings (SSSR count). The monoisotopic (exact) mass is 227 g/mol. The second-order valence-corrected chi connectivity index (χ2v) is 3.91. The highest BCUT2D eigenvalue weighted by molar-refractivity contribution is 4.79. The summed E-state index contributed by atoms with van der Waals surface area (Å²) in [7, 11) is 0. The van der Waals surface area contributed by atoms with Crippen molar-refractivity contribution in [2.75, 3.05) is 13.2 Å². The molecule has 0 fully saturated rings. The number of nitrogens with zero attached hydrogens (tertiary/aromatic N) is 2. The van der Waals surface area contributed by atoms with Gasteiger partial charge in [-0.15, -0.1) is 0 Å². The Morgan fingerprint density at radius 3 is 2.88 bits per heavy atom. The van der Waals surface area contributed by atoms with Crippen molar-refractivity contribution in [1.29, 1.82) is 0 Å². The molecule has 2 unspecified atom stereocenters. The SMILES string of the molecule is CCC(CCO)NCC(O)Cn1cccn1. The molecule has 0 aromatic carbocycles. The fraction of sp³-hybridized carbons (Fsp3) is 0.727. The standard InChI is InChI=1S/C11H21N3O2/c1-2-10(4-7-15)12-8-11(16)9-14-6-3-5-13-14/h3,5-6,10-12,15-16H,2,4,7-9H2,1H3. The Balaban J connectivity index is 2.21. The lowest BCUT2D eigenvalue weighted by atomic mass is 10.1. The zero-order chi connectivity index (χ0) is 11.8. The summed E-state index contributed by atoms with van der Waals surface area (Å²) in [5.74, 6) is 0. The van der Waals surface area contributed by atoms with Crippen molar-refractivity contribution in [3.8, 4) is 0 Å². The first-order valence-corrected chi connectivity index (χ1v) is 5.76. The molecule has 5 heteroatoms. The van der Waals surface area contributed by atoms with Crippen molar-refractivity contribution in [3.63, 3.8) is 0 Å². The number of aromatic nitrogens is 2. The molecule has 0 bridgehead atoms. The lowest BCUT2D eigenvalue weighted by molar-refractivity contribution is 0.139. The van der Waals surface area contributed by atoms with Crippen molar-refractivity contribution in [2.45, 2.75) is 38.5 Å². The number of aliphatic hydroxyl groups excluding tert-OH is 2. The van der Waals surface area contributed by atoms with Gasteiger partial charge in [0.1, 0.15) is 0 Å². The van der Waals surface area contributed by atoms with Crippen LogP contribution in [0.15, 0.2) is 18.5 Å². The van der Waals surface area contributed by atoms with Gasteiger partial charge in [0.05, 0.1) is 12.6 Å². The third-order valence-electron chi connectivity index (χ3n) is 2.57. The Kier molecular flexibility index (Phi) is 6.07. The van der Waals surface area contributed by atoms with Crippen molar-refractivity contribution in [2.24, 2.45) is 0 Å². The molecule has 0 radical (unpaired) electrons. The summed E-state index contributed by atoms with van der Waals surface area (Å²) in [6, 6.07) is 2.11. The summed E-state index contributed by atoms with van der Waals surface area (Å²) >= 11 is 0. The summed E-state index contributed by atoms with van der Waals surface area (Å²) in [6.07, 6.45) is 4.75. The zero-order valence-electron chi connectivity index (χ0n) is 9.71. The van der Waals surface area contributed by atoms with Crippen LogP contribution in [-0.4, -0.2) is 45.3 Å². The van der Waals surface area contributed by atoms with Crippen LogP contribution in [0.4, 0.5) is 0 Å². The molecule has 0 amide bonds. The van der Waals surface area contributed by atoms with E-state index in [2.05, 4.69) is 17.3 Å². The van der Waals surface area contributed by atoms with Crippen LogP contribution in [0.25, 0.3) is 0 Å². The highest BCUT2D eigenvalue weighted by atomic mass is 16.3. The molecule has 92 valence electrons. The molecule has 0 spiro atoms. The van der Waals surface area contributed by atoms with Gasteiger partial charge in [-0.1, -0.05) is 6.92 Å². The maximum atomic E-state index is 9.75. The van der Waals surface area contributed by atoms with Gasteiger partial charge in [0.15, 0.2) is 0 Å². The molecule has 0 saturated heterocycles. The minimum absolute atomic E-state index is 0.181. The van der Waals surface area contributed by atoms with E-state index in [9.17, 15) is 5.11 Å². The first-order valence-electron chi connectivity index (χ1n) is 5.76. The molecule has 16 heavy (non-hydrogen) atoms. The molecular formula is C11H21N3O2. The Morgan fingerprint density at radius 1 is 1.50 bits per heavy atom. The van der Waals surface area contributed by atoms with Gasteiger partial charge in [-0.05, 0) is 18.9 Å². The molecule has 1 heterocycles. The van der Waals surface area contributed by atoms with Crippen LogP contribution in [0.1, 0.15) is 19.8 Å². The van der Waals surface area contributed by atoms with Crippen molar-refractivity contribution in [3.05, 3.63) is 18.5 Å². The third-order valence-corrected chi connectivity index (χ3v) is 2.57. The Bertz CT molecular complexity index is 264. The number of hydrogen-bond acceptors (Lipinski definition) is 4. The smallest absolute Gasteiger partial charge is 0.0860 e. The predicted octanol–water partition coefficient (Wildman–Crippen LogP) is -0.00540. The van der Waals surface area contributed by atoms with Gasteiger partial charge < -0.3 is 15.5 Å². The van der Waals surface area contributed by atoms with E-state index < -0.39 is 6.10 Å². The van der Waals surface area contributed by atoms with E-state index >= 15 is 0 Å². The normalized spacial score (nSPS) is 14.9. The van der Waals surface area contributed by atoms with Gasteiger partial charge in [0.25, 0.3) is 0 Å². The quantitative estimate of drug-likeness (QED) is 0.584. The first-order chi connectivity index (χ1) is 7.76. The highest BCUT2D eigenvalue weighted by Crippen LogP contribution is 1.97. The molecule has 0 aliphatic heterocycles. The van der Waals surface area contributed by atoms with Crippen LogP contribution in [0, 0.1) is 0 Å². The fourth-order valence-electron chi connectivity index (χ4n) is 1.60. The molecule has 5 nitrogen and oxygen atoms in total. The van der Waals surface area contributed by atoms with Gasteiger partial charge in [-0.3, -0.25) is 4.68 Å². The maximum absolute atomic E-state index is 9.75. The second-order valence-electron chi connectivity index (χ2n) is 3.91. The minimum atomic E-state index is -0.451. The van der Waals surface area contributed by atoms with Gasteiger partial charge in [-0.2, -0.15) is 5.10 Å². The first kappa shape index (κ1) is 13.2. The van der Waals surface area contributed by atoms with Crippen molar-refractivity contribution < 1.29 is 10.2 Å². The predicted molar refractivity (Wildman–Crippen MR) is 62.0 cm³/mol. The number of nitrogens with one attached hydrogen (secondary N) is 1. The van der Waals surface area contributed by atoms with E-state index in [1.165, 1.54) is 0 Å². The molecule has 0 aliphatic carbocycles. The Labute approximate surface area is 96.1 Å². The molecule has 3 N–H and O–H groups in total. The lowest BCUT2D eigenvalue weighted by Gasteiger charge is -2.18. The Morgan fingerprint density at radius 2 is 2.31 bits per heavy atom. The number of rotatable bonds is 8. The van der Waals surface area contributed by atoms with Crippen LogP contribution in [0.2, 0.25) is 0 Å². The summed E-state index contributed by atoms with van der Waals surface area (Å²) in [4.78, 5) is 0. The molecular weight excluding hydrogens is 206 g/mol. The van der Waals surface area contributed by atoms with E-state index in [4.69, 9.17) is 5.11 Å². The lowest BCUT2D eigenvalue weighted by Crippen LogP contribution is -2.37. The van der Waals surface area contributed by atoms with Gasteiger partial charge in [-0.25, -0.2) is 0 Å². The van der Waals surface area contributed by atoms with Crippen LogP contribution in [0.3, 0.4) is 0 Å². The molecule has 2 atom stereocenters. The topological polar surface area (TPSA) is 70.3 Å². The molecule has 1 aromatic rings. The van der Waals surface area contributed by atoms with Gasteiger partial charge in [0.2, 0.25) is 0 Å². The van der Waals surface area contributed by atoms with Crippen molar-refractivity contribution >= 4 is 0 Å². The van der Waals surface area contributed by atoms with E-state index in [1.807, 2.05) is 12.3 Å². The molecule has 0 saturated carbocycles. The summed E-state index contributed by atoms with van der Waals surface area (Å²) in [5, 5.41) is 25.8. The number of hydrogen-bond donors (Lipinski definition) is 3. The van der Waals surface area contributed by atoms with E-state index in [1.54, 1.807) is 10.9 Å². The van der Waals surface area contributed by atoms with E-state index in [0.717, 1.165) is 12.8 Å². The van der Waals surface area contributed by atoms with Crippen LogP contribution >= 0.6 is 0 Å². The van der Waals surface area contributed by atoms with E-state index in [-0.39, 0.29) is 12.6 Å². The van der Waals surface area contributed by atoms with Crippen LogP contribution in [0.5, 0.6) is 0 Å². The van der Waals surface area contributed by atoms with Crippen LogP contribution in [-0.2, 0) is 6.54 Å². The second kappa shape index (κ2) is 7.38. The third kappa shape index (κ3) is 4.74. The Hall–Kier alpha value is -0.910. The van der Waals surface area contributed by atoms with Gasteiger partial charge >= 0.3 is 0 Å². The maximum Gasteiger partial charge on any atom is 0.0860 e. The highest BCUT2D eigenvalue weighted by Gasteiger charge is 2.09. The summed E-state index contributed by atoms with van der Waals surface area (Å²) in [6.45, 7) is 3.27. The molecule has 0 aliphatic rings. The van der Waals surface area contributed by atoms with Gasteiger partial charge in [0, 0.05) is 31.6 Å². The largest absolute Gasteiger partial charge is 0.396 e. The zero-order valence-corrected chi connectivity index (χ0v) is 9.71. The minimum Gasteiger partial charge on any atom is -0.396 e. The average molecular weight is 227 g/mol. The summed E-state index contributed by atoms with van der Waals surface area (Å²) < 4.78 is 1.71. The van der Waals surface area contributed by atoms with Crippen LogP contribution < -0.4 is 5.32 Å². The van der Waals surface area contributed by atoms with E-state index in [0.29, 0.717) is 13.1 Å².